The van der Waals surface area contributed by atoms with Crippen LogP contribution in [-0.2, 0) is 8.23 Å². The minimum atomic E-state index is -1.27. The third kappa shape index (κ3) is 27.9. The van der Waals surface area contributed by atoms with Crippen LogP contribution in [0.3, 0.4) is 0 Å². The first-order valence-electron chi connectivity index (χ1n) is 9.35. The Hall–Kier alpha value is 0.788. The third-order valence-corrected chi connectivity index (χ3v) is 15.6. The highest BCUT2D eigenvalue weighted by atomic mass is 28.4. The standard InChI is InChI=1S/C8H22OSi2.C6H18OSi2.C3H8/c1-7-10(3,4)9-11(5,6)8-2;1-8(2,3)7-9(4,5)6;1-3-2/h7-8H2,1-6H3;1-6H3;3H2,1-2H3. The maximum Gasteiger partial charge on any atom is 0.173 e. The fraction of sp³-hybridized carbons (Fsp3) is 1.00. The lowest BCUT2D eigenvalue weighted by Gasteiger charge is -2.32. The van der Waals surface area contributed by atoms with Gasteiger partial charge in [-0.25, -0.2) is 0 Å². The van der Waals surface area contributed by atoms with E-state index in [0.717, 1.165) is 0 Å². The molecule has 0 saturated heterocycles. The predicted molar refractivity (Wildman–Crippen MR) is 121 cm³/mol. The molecule has 0 N–H and O–H groups in total. The van der Waals surface area contributed by atoms with Crippen molar-refractivity contribution in [3.63, 3.8) is 0 Å². The van der Waals surface area contributed by atoms with Crippen molar-refractivity contribution in [2.75, 3.05) is 0 Å². The lowest BCUT2D eigenvalue weighted by Crippen LogP contribution is -2.43. The highest BCUT2D eigenvalue weighted by Gasteiger charge is 2.29. The van der Waals surface area contributed by atoms with E-state index in [9.17, 15) is 0 Å². The molecule has 0 aromatic carbocycles. The molecule has 0 saturated carbocycles. The van der Waals surface area contributed by atoms with Crippen LogP contribution in [0.1, 0.15) is 34.1 Å². The first-order valence-corrected chi connectivity index (χ1v) is 22.4. The smallest absolute Gasteiger partial charge is 0.173 e. The van der Waals surface area contributed by atoms with E-state index in [-0.39, 0.29) is 0 Å². The summed E-state index contributed by atoms with van der Waals surface area (Å²) in [6.07, 6.45) is 1.25. The van der Waals surface area contributed by atoms with Crippen LogP contribution < -0.4 is 0 Å². The molecule has 0 aromatic rings. The van der Waals surface area contributed by atoms with E-state index in [1.807, 2.05) is 0 Å². The Bertz CT molecular complexity index is 253. The fourth-order valence-corrected chi connectivity index (χ4v) is 16.3. The largest absolute Gasteiger partial charge is 0.456 e. The van der Waals surface area contributed by atoms with Gasteiger partial charge in [0.1, 0.15) is 0 Å². The van der Waals surface area contributed by atoms with Crippen molar-refractivity contribution < 1.29 is 8.23 Å². The van der Waals surface area contributed by atoms with Crippen LogP contribution in [0, 0.1) is 0 Å². The van der Waals surface area contributed by atoms with Crippen molar-refractivity contribution in [1.29, 1.82) is 0 Å². The van der Waals surface area contributed by atoms with E-state index >= 15 is 0 Å². The van der Waals surface area contributed by atoms with Crippen molar-refractivity contribution in [2.45, 2.75) is 112 Å². The van der Waals surface area contributed by atoms with Gasteiger partial charge in [0.2, 0.25) is 0 Å². The van der Waals surface area contributed by atoms with E-state index in [1.165, 1.54) is 18.5 Å². The predicted octanol–water partition coefficient (Wildman–Crippen LogP) is 7.54. The van der Waals surface area contributed by atoms with Gasteiger partial charge >= 0.3 is 0 Å². The maximum absolute atomic E-state index is 6.20. The SMILES string of the molecule is CCC.CC[Si](C)(C)O[Si](C)(C)CC.C[Si](C)(C)O[Si](C)(C)C. The molecule has 0 heterocycles. The second-order valence-electron chi connectivity index (χ2n) is 9.36. The average Bonchev–Trinajstić information content (AvgIpc) is 2.24. The van der Waals surface area contributed by atoms with Gasteiger partial charge in [-0.3, -0.25) is 0 Å². The zero-order chi connectivity index (χ0) is 19.5. The molecule has 2 nitrogen and oxygen atoms in total. The molecule has 0 atom stereocenters. The van der Waals surface area contributed by atoms with E-state index in [4.69, 9.17) is 8.23 Å². The number of hydrogen-bond acceptors (Lipinski definition) is 2. The summed E-state index contributed by atoms with van der Waals surface area (Å²) in [5.41, 5.74) is 0. The van der Waals surface area contributed by atoms with Crippen LogP contribution in [0.2, 0.25) is 77.6 Å². The molecule has 0 aliphatic rings. The number of rotatable bonds is 6. The highest BCUT2D eigenvalue weighted by molar-refractivity contribution is 6.85. The van der Waals surface area contributed by atoms with Gasteiger partial charge in [-0.15, -0.1) is 0 Å². The minimum absolute atomic E-state index is 1.23. The van der Waals surface area contributed by atoms with Crippen molar-refractivity contribution in [2.24, 2.45) is 0 Å². The molecule has 144 valence electrons. The highest BCUT2D eigenvalue weighted by Crippen LogP contribution is 2.20. The maximum atomic E-state index is 6.20. The lowest BCUT2D eigenvalue weighted by molar-refractivity contribution is 0.542. The molecule has 0 aromatic heterocycles. The molecule has 0 radical (unpaired) electrons. The van der Waals surface area contributed by atoms with Crippen LogP contribution in [0.15, 0.2) is 0 Å². The number of hydrogen-bond donors (Lipinski definition) is 0. The topological polar surface area (TPSA) is 18.5 Å². The van der Waals surface area contributed by atoms with Crippen molar-refractivity contribution in [3.05, 3.63) is 0 Å². The Morgan fingerprint density at radius 1 is 0.478 bits per heavy atom. The monoisotopic (exact) mass is 396 g/mol. The van der Waals surface area contributed by atoms with Crippen LogP contribution >= 0.6 is 0 Å². The van der Waals surface area contributed by atoms with Gasteiger partial charge in [-0.05, 0) is 77.6 Å². The van der Waals surface area contributed by atoms with Gasteiger partial charge in [-0.2, -0.15) is 0 Å². The fourth-order valence-electron chi connectivity index (χ4n) is 1.81. The lowest BCUT2D eigenvalue weighted by atomic mass is 10.6. The molecule has 0 bridgehead atoms. The molecule has 0 aliphatic carbocycles. The Morgan fingerprint density at radius 3 is 0.783 bits per heavy atom. The molecule has 0 amide bonds. The molecular formula is C17H48O2Si4. The van der Waals surface area contributed by atoms with Crippen molar-refractivity contribution in [3.8, 4) is 0 Å². The van der Waals surface area contributed by atoms with Crippen molar-refractivity contribution >= 4 is 33.3 Å². The minimum Gasteiger partial charge on any atom is -0.456 e. The second-order valence-corrected chi connectivity index (χ2v) is 27.9. The van der Waals surface area contributed by atoms with Crippen LogP contribution in [-0.4, -0.2) is 33.3 Å². The van der Waals surface area contributed by atoms with Crippen LogP contribution in [0.5, 0.6) is 0 Å². The Morgan fingerprint density at radius 2 is 0.696 bits per heavy atom. The summed E-state index contributed by atoms with van der Waals surface area (Å²) in [6, 6.07) is 2.48. The van der Waals surface area contributed by atoms with Gasteiger partial charge in [-0.1, -0.05) is 34.1 Å². The van der Waals surface area contributed by atoms with Gasteiger partial charge in [0.05, 0.1) is 0 Å². The van der Waals surface area contributed by atoms with Gasteiger partial charge < -0.3 is 8.23 Å². The Kier molecular flexibility index (Phi) is 15.2. The van der Waals surface area contributed by atoms with E-state index < -0.39 is 33.3 Å². The van der Waals surface area contributed by atoms with E-state index in [0.29, 0.717) is 0 Å². The molecule has 0 aliphatic heterocycles. The summed E-state index contributed by atoms with van der Waals surface area (Å²) in [7, 11) is -5.01. The third-order valence-electron chi connectivity index (χ3n) is 2.87. The molecule has 0 spiro atoms. The van der Waals surface area contributed by atoms with Gasteiger partial charge in [0, 0.05) is 0 Å². The summed E-state index contributed by atoms with van der Waals surface area (Å²) in [5, 5.41) is 0. The normalized spacial score (nSPS) is 12.8. The summed E-state index contributed by atoms with van der Waals surface area (Å²) in [4.78, 5) is 0. The van der Waals surface area contributed by atoms with E-state index in [2.05, 4.69) is 93.2 Å². The molecule has 6 heteroatoms. The Balaban J connectivity index is -0.000000301. The first-order chi connectivity index (χ1) is 9.95. The average molecular weight is 397 g/mol. The summed E-state index contributed by atoms with van der Waals surface area (Å²) in [6.45, 7) is 31.5. The molecule has 0 fully saturated rings. The quantitative estimate of drug-likeness (QED) is 0.431. The van der Waals surface area contributed by atoms with E-state index in [1.54, 1.807) is 0 Å². The van der Waals surface area contributed by atoms with Crippen LogP contribution in [0.25, 0.3) is 0 Å². The molecule has 0 unspecified atom stereocenters. The zero-order valence-electron chi connectivity index (χ0n) is 18.9. The Labute approximate surface area is 153 Å². The zero-order valence-corrected chi connectivity index (χ0v) is 22.9. The summed E-state index contributed by atoms with van der Waals surface area (Å²) >= 11 is 0. The van der Waals surface area contributed by atoms with Gasteiger partial charge in [0.15, 0.2) is 33.3 Å². The second kappa shape index (κ2) is 12.2. The summed E-state index contributed by atoms with van der Waals surface area (Å²) < 4.78 is 12.1. The summed E-state index contributed by atoms with van der Waals surface area (Å²) in [5.74, 6) is 0. The molecule has 23 heavy (non-hydrogen) atoms. The first kappa shape index (κ1) is 28.6. The molecular weight excluding hydrogens is 349 g/mol. The van der Waals surface area contributed by atoms with Gasteiger partial charge in [0.25, 0.3) is 0 Å². The van der Waals surface area contributed by atoms with Crippen LogP contribution in [0.4, 0.5) is 0 Å². The van der Waals surface area contributed by atoms with Crippen molar-refractivity contribution in [1.82, 2.24) is 0 Å². The molecule has 0 rings (SSSR count).